The fourth-order valence-electron chi connectivity index (χ4n) is 3.95. The molecule has 0 unspecified atom stereocenters. The summed E-state index contributed by atoms with van der Waals surface area (Å²) in [5, 5.41) is 13.0. The van der Waals surface area contributed by atoms with Crippen molar-refractivity contribution in [2.45, 2.75) is 0 Å². The number of phenols is 1. The Balaban J connectivity index is 1.52. The van der Waals surface area contributed by atoms with Crippen LogP contribution in [0.2, 0.25) is 0 Å². The van der Waals surface area contributed by atoms with Crippen LogP contribution >= 0.6 is 0 Å². The van der Waals surface area contributed by atoms with Crippen molar-refractivity contribution in [2.75, 3.05) is 0 Å². The van der Waals surface area contributed by atoms with E-state index in [4.69, 9.17) is 7.48 Å². The zero-order chi connectivity index (χ0) is 22.5. The molecule has 0 saturated heterocycles. The number of phenolic OH excluding ortho intramolecular Hbond substituents is 1. The Morgan fingerprint density at radius 2 is 1.74 bits per heavy atom. The molecule has 0 saturated carbocycles. The normalized spacial score (nSPS) is 12.3. The second-order valence-corrected chi connectivity index (χ2v) is 7.18. The van der Waals surface area contributed by atoms with Crippen LogP contribution in [0, 0.1) is 0 Å². The van der Waals surface area contributed by atoms with Crippen LogP contribution in [0.1, 0.15) is 2.74 Å². The number of ether oxygens (including phenoxy) is 1. The van der Waals surface area contributed by atoms with Gasteiger partial charge in [0, 0.05) is 34.5 Å². The Morgan fingerprint density at radius 1 is 0.839 bits per heavy atom. The van der Waals surface area contributed by atoms with Crippen LogP contribution in [0.4, 0.5) is 0 Å². The summed E-state index contributed by atoms with van der Waals surface area (Å²) in [5.41, 5.74) is 2.29. The lowest BCUT2D eigenvalue weighted by atomic mass is 10.1. The Morgan fingerprint density at radius 3 is 2.68 bits per heavy atom. The van der Waals surface area contributed by atoms with E-state index in [1.165, 1.54) is 6.20 Å². The summed E-state index contributed by atoms with van der Waals surface area (Å²) in [6.45, 7) is 0. The van der Waals surface area contributed by atoms with E-state index in [9.17, 15) is 5.11 Å². The van der Waals surface area contributed by atoms with Crippen molar-refractivity contribution in [1.29, 1.82) is 0 Å². The van der Waals surface area contributed by atoms with E-state index in [0.29, 0.717) is 23.0 Å². The zero-order valence-corrected chi connectivity index (χ0v) is 16.3. The number of aromatic nitrogens is 3. The molecular weight excluding hydrogens is 386 g/mol. The molecule has 0 amide bonds. The smallest absolute Gasteiger partial charge is 0.219 e. The summed E-state index contributed by atoms with van der Waals surface area (Å²) in [7, 11) is 0. The molecule has 3 aromatic carbocycles. The third-order valence-electron chi connectivity index (χ3n) is 5.32. The number of benzene rings is 3. The quantitative estimate of drug-likeness (QED) is 0.379. The Bertz CT molecular complexity index is 1690. The molecule has 0 aliphatic carbocycles. The summed E-state index contributed by atoms with van der Waals surface area (Å²) in [5.74, 6) is 1.62. The molecule has 1 N–H and O–H groups in total. The van der Waals surface area contributed by atoms with Gasteiger partial charge in [-0.3, -0.25) is 4.57 Å². The van der Waals surface area contributed by atoms with E-state index in [2.05, 4.69) is 9.97 Å². The molecule has 3 aromatic heterocycles. The molecule has 0 spiro atoms. The summed E-state index contributed by atoms with van der Waals surface area (Å²) >= 11 is 0. The molecule has 0 atom stereocenters. The molecule has 0 aliphatic rings. The van der Waals surface area contributed by atoms with Crippen molar-refractivity contribution in [2.24, 2.45) is 0 Å². The molecule has 5 nitrogen and oxygen atoms in total. The van der Waals surface area contributed by atoms with Gasteiger partial charge in [0.15, 0.2) is 0 Å². The molecular formula is C26H17N3O2. The largest absolute Gasteiger partial charge is 0.506 e. The molecule has 0 aliphatic heterocycles. The zero-order valence-electron chi connectivity index (χ0n) is 18.3. The highest BCUT2D eigenvalue weighted by molar-refractivity contribution is 6.09. The number of nitrogens with zero attached hydrogens (tertiary/aromatic N) is 3. The SMILES string of the molecule is [2H]c1cnc(-n2c3ccccc3c3ccc(Oc4ccc5cccc(O)c5n4)cc32)cc1[2H]. The lowest BCUT2D eigenvalue weighted by molar-refractivity contribution is 0.460. The fraction of sp³-hybridized carbons (Fsp3) is 0. The van der Waals surface area contributed by atoms with Gasteiger partial charge in [-0.15, -0.1) is 0 Å². The van der Waals surface area contributed by atoms with Gasteiger partial charge < -0.3 is 9.84 Å². The first-order valence-corrected chi connectivity index (χ1v) is 9.82. The third kappa shape index (κ3) is 2.87. The second kappa shape index (κ2) is 6.85. The molecule has 6 rings (SSSR count). The van der Waals surface area contributed by atoms with Crippen molar-refractivity contribution in [3.63, 3.8) is 0 Å². The van der Waals surface area contributed by atoms with Crippen LogP contribution in [0.5, 0.6) is 17.4 Å². The highest BCUT2D eigenvalue weighted by atomic mass is 16.5. The average molecular weight is 405 g/mol. The van der Waals surface area contributed by atoms with E-state index < -0.39 is 0 Å². The lowest BCUT2D eigenvalue weighted by Gasteiger charge is -2.09. The van der Waals surface area contributed by atoms with Gasteiger partial charge in [0.25, 0.3) is 0 Å². The van der Waals surface area contributed by atoms with Gasteiger partial charge in [-0.05, 0) is 42.4 Å². The highest BCUT2D eigenvalue weighted by Gasteiger charge is 2.14. The predicted molar refractivity (Wildman–Crippen MR) is 122 cm³/mol. The molecule has 0 bridgehead atoms. The fourth-order valence-corrected chi connectivity index (χ4v) is 3.95. The topological polar surface area (TPSA) is 60.2 Å². The molecule has 5 heteroatoms. The Labute approximate surface area is 180 Å². The monoisotopic (exact) mass is 405 g/mol. The second-order valence-electron chi connectivity index (χ2n) is 7.18. The molecule has 148 valence electrons. The summed E-state index contributed by atoms with van der Waals surface area (Å²) in [4.78, 5) is 8.87. The first kappa shape index (κ1) is 15.5. The van der Waals surface area contributed by atoms with Crippen LogP contribution < -0.4 is 4.74 Å². The first-order chi connectivity index (χ1) is 16.1. The van der Waals surface area contributed by atoms with Gasteiger partial charge in [0.1, 0.15) is 22.8 Å². The maximum atomic E-state index is 10.1. The van der Waals surface area contributed by atoms with E-state index in [-0.39, 0.29) is 17.8 Å². The highest BCUT2D eigenvalue weighted by Crippen LogP contribution is 2.35. The summed E-state index contributed by atoms with van der Waals surface area (Å²) in [6, 6.07) is 24.4. The van der Waals surface area contributed by atoms with E-state index in [1.807, 2.05) is 59.2 Å². The third-order valence-corrected chi connectivity index (χ3v) is 5.32. The maximum absolute atomic E-state index is 10.1. The molecule has 0 fully saturated rings. The summed E-state index contributed by atoms with van der Waals surface area (Å²) in [6.07, 6.45) is 1.39. The van der Waals surface area contributed by atoms with E-state index in [0.717, 1.165) is 27.2 Å². The van der Waals surface area contributed by atoms with Crippen LogP contribution in [0.15, 0.2) is 97.1 Å². The van der Waals surface area contributed by atoms with Gasteiger partial charge in [0.2, 0.25) is 5.88 Å². The van der Waals surface area contributed by atoms with Crippen LogP contribution in [-0.2, 0) is 0 Å². The van der Waals surface area contributed by atoms with Gasteiger partial charge >= 0.3 is 0 Å². The standard InChI is InChI=1S/C26H17N3O2/c30-23-9-5-6-17-11-14-25(28-26(17)23)31-18-12-13-20-19-7-1-2-8-21(19)29(22(20)16-18)24-10-3-4-15-27-24/h1-16,30H/i3D,4D. The first-order valence-electron chi connectivity index (χ1n) is 10.8. The van der Waals surface area contributed by atoms with Gasteiger partial charge in [-0.1, -0.05) is 36.4 Å². The Kier molecular flexibility index (Phi) is 3.41. The van der Waals surface area contributed by atoms with Gasteiger partial charge in [-0.2, -0.15) is 0 Å². The van der Waals surface area contributed by atoms with Crippen molar-refractivity contribution in [1.82, 2.24) is 14.5 Å². The van der Waals surface area contributed by atoms with E-state index in [1.54, 1.807) is 24.3 Å². The van der Waals surface area contributed by atoms with Crippen LogP contribution in [0.3, 0.4) is 0 Å². The van der Waals surface area contributed by atoms with E-state index >= 15 is 0 Å². The van der Waals surface area contributed by atoms with Crippen molar-refractivity contribution < 1.29 is 12.6 Å². The minimum absolute atomic E-state index is 0.0779. The number of pyridine rings is 2. The average Bonchev–Trinajstić information content (AvgIpc) is 3.15. The van der Waals surface area contributed by atoms with Gasteiger partial charge in [-0.25, -0.2) is 9.97 Å². The Hall–Kier alpha value is -4.38. The number of aromatic hydroxyl groups is 1. The maximum Gasteiger partial charge on any atom is 0.219 e. The molecule has 0 radical (unpaired) electrons. The molecule has 6 aromatic rings. The predicted octanol–water partition coefficient (Wildman–Crippen LogP) is 6.22. The number of hydrogen-bond donors (Lipinski definition) is 1. The lowest BCUT2D eigenvalue weighted by Crippen LogP contribution is -1.96. The van der Waals surface area contributed by atoms with Crippen molar-refractivity contribution in [3.05, 3.63) is 97.1 Å². The number of hydrogen-bond acceptors (Lipinski definition) is 4. The van der Waals surface area contributed by atoms with Gasteiger partial charge in [0.05, 0.1) is 13.8 Å². The van der Waals surface area contributed by atoms with Crippen LogP contribution in [0.25, 0.3) is 38.5 Å². The minimum Gasteiger partial charge on any atom is -0.506 e. The van der Waals surface area contributed by atoms with Crippen molar-refractivity contribution in [3.8, 4) is 23.2 Å². The minimum atomic E-state index is 0.0779. The number of para-hydroxylation sites is 2. The van der Waals surface area contributed by atoms with Crippen molar-refractivity contribution >= 4 is 32.7 Å². The molecule has 3 heterocycles. The van der Waals surface area contributed by atoms with Crippen LogP contribution in [-0.4, -0.2) is 19.6 Å². The number of rotatable bonds is 3. The number of fused-ring (bicyclic) bond motifs is 4. The molecule has 31 heavy (non-hydrogen) atoms. The summed E-state index contributed by atoms with van der Waals surface area (Å²) < 4.78 is 23.9.